The molecule has 1 unspecified atom stereocenters. The van der Waals surface area contributed by atoms with Gasteiger partial charge in [-0.3, -0.25) is 0 Å². The molecule has 1 aromatic carbocycles. The molecule has 0 amide bonds. The van der Waals surface area contributed by atoms with Crippen LogP contribution in [0.25, 0.3) is 0 Å². The molecule has 1 radical (unpaired) electrons. The Morgan fingerprint density at radius 1 is 1.23 bits per heavy atom. The first-order chi connectivity index (χ1) is 6.21. The maximum Gasteiger partial charge on any atom is 0.128 e. The van der Waals surface area contributed by atoms with E-state index in [1.807, 2.05) is 37.3 Å². The van der Waals surface area contributed by atoms with Crippen molar-refractivity contribution in [2.24, 2.45) is 5.92 Å². The highest BCUT2D eigenvalue weighted by atomic mass is 16.3. The van der Waals surface area contributed by atoms with E-state index in [9.17, 15) is 5.11 Å². The highest BCUT2D eigenvalue weighted by Gasteiger charge is 2.38. The molecule has 1 atom stereocenters. The summed E-state index contributed by atoms with van der Waals surface area (Å²) < 4.78 is 0. The van der Waals surface area contributed by atoms with Crippen molar-refractivity contribution in [1.82, 2.24) is 0 Å². The maximum absolute atomic E-state index is 12.3. The van der Waals surface area contributed by atoms with Crippen LogP contribution >= 0.6 is 0 Å². The fourth-order valence-corrected chi connectivity index (χ4v) is 1.96. The quantitative estimate of drug-likeness (QED) is 0.658. The average molecular weight is 175 g/mol. The molecule has 2 rings (SSSR count). The van der Waals surface area contributed by atoms with Crippen LogP contribution in [0.2, 0.25) is 0 Å². The zero-order chi connectivity index (χ0) is 9.31. The molecule has 0 aromatic heterocycles. The van der Waals surface area contributed by atoms with Crippen molar-refractivity contribution in [3.8, 4) is 0 Å². The number of rotatable bonds is 2. The first kappa shape index (κ1) is 8.76. The Labute approximate surface area is 79.4 Å². The van der Waals surface area contributed by atoms with Gasteiger partial charge in [-0.25, -0.2) is 5.11 Å². The lowest BCUT2D eigenvalue weighted by Crippen LogP contribution is -2.34. The third kappa shape index (κ3) is 1.49. The van der Waals surface area contributed by atoms with Gasteiger partial charge in [0.25, 0.3) is 0 Å². The van der Waals surface area contributed by atoms with Crippen LogP contribution in [0.3, 0.4) is 0 Å². The second-order valence-electron chi connectivity index (χ2n) is 4.10. The highest BCUT2D eigenvalue weighted by Crippen LogP contribution is 2.42. The van der Waals surface area contributed by atoms with Crippen molar-refractivity contribution in [2.75, 3.05) is 0 Å². The second kappa shape index (κ2) is 3.15. The van der Waals surface area contributed by atoms with Gasteiger partial charge in [0.05, 0.1) is 0 Å². The largest absolute Gasteiger partial charge is 0.224 e. The average Bonchev–Trinajstić information content (AvgIpc) is 2.02. The van der Waals surface area contributed by atoms with Crippen molar-refractivity contribution >= 4 is 0 Å². The molecular formula is C12H15O. The lowest BCUT2D eigenvalue weighted by molar-refractivity contribution is -0.0950. The first-order valence-corrected chi connectivity index (χ1v) is 4.97. The van der Waals surface area contributed by atoms with Crippen LogP contribution in [0.15, 0.2) is 30.3 Å². The highest BCUT2D eigenvalue weighted by molar-refractivity contribution is 5.22. The zero-order valence-electron chi connectivity index (χ0n) is 7.99. The minimum atomic E-state index is -0.862. The lowest BCUT2D eigenvalue weighted by Gasteiger charge is -2.37. The molecule has 1 aliphatic rings. The van der Waals surface area contributed by atoms with E-state index in [1.165, 1.54) is 6.42 Å². The van der Waals surface area contributed by atoms with Crippen molar-refractivity contribution in [3.63, 3.8) is 0 Å². The van der Waals surface area contributed by atoms with Crippen molar-refractivity contribution in [1.29, 1.82) is 0 Å². The van der Waals surface area contributed by atoms with Crippen LogP contribution in [0, 0.1) is 5.92 Å². The summed E-state index contributed by atoms with van der Waals surface area (Å²) in [6.45, 7) is 1.83. The SMILES string of the molecule is CC([O])(c1ccccc1)C1CCC1. The van der Waals surface area contributed by atoms with E-state index in [4.69, 9.17) is 0 Å². The monoisotopic (exact) mass is 175 g/mol. The van der Waals surface area contributed by atoms with E-state index < -0.39 is 5.60 Å². The van der Waals surface area contributed by atoms with Gasteiger partial charge in [0.15, 0.2) is 0 Å². The molecule has 1 aromatic rings. The van der Waals surface area contributed by atoms with E-state index in [0.717, 1.165) is 18.4 Å². The maximum atomic E-state index is 12.3. The molecule has 1 fully saturated rings. The van der Waals surface area contributed by atoms with Gasteiger partial charge in [0.2, 0.25) is 0 Å². The van der Waals surface area contributed by atoms with E-state index in [1.54, 1.807) is 0 Å². The van der Waals surface area contributed by atoms with Gasteiger partial charge in [0.1, 0.15) is 5.60 Å². The molecule has 1 saturated carbocycles. The molecule has 0 bridgehead atoms. The van der Waals surface area contributed by atoms with E-state index >= 15 is 0 Å². The number of hydrogen-bond donors (Lipinski definition) is 0. The Morgan fingerprint density at radius 2 is 1.85 bits per heavy atom. The lowest BCUT2D eigenvalue weighted by atomic mass is 9.71. The van der Waals surface area contributed by atoms with Gasteiger partial charge < -0.3 is 0 Å². The predicted molar refractivity (Wildman–Crippen MR) is 51.8 cm³/mol. The minimum Gasteiger partial charge on any atom is -0.224 e. The molecule has 13 heavy (non-hydrogen) atoms. The van der Waals surface area contributed by atoms with E-state index in [0.29, 0.717) is 5.92 Å². The van der Waals surface area contributed by atoms with Gasteiger partial charge in [0, 0.05) is 0 Å². The van der Waals surface area contributed by atoms with Crippen molar-refractivity contribution in [3.05, 3.63) is 35.9 Å². The number of hydrogen-bond acceptors (Lipinski definition) is 0. The minimum absolute atomic E-state index is 0.356. The summed E-state index contributed by atoms with van der Waals surface area (Å²) in [6.07, 6.45) is 3.44. The Morgan fingerprint density at radius 3 is 2.31 bits per heavy atom. The third-order valence-electron chi connectivity index (χ3n) is 3.23. The third-order valence-corrected chi connectivity index (χ3v) is 3.23. The Hall–Kier alpha value is -0.820. The fourth-order valence-electron chi connectivity index (χ4n) is 1.96. The van der Waals surface area contributed by atoms with Crippen LogP contribution in [-0.4, -0.2) is 0 Å². The van der Waals surface area contributed by atoms with Gasteiger partial charge >= 0.3 is 0 Å². The Bertz CT molecular complexity index is 272. The molecule has 0 saturated heterocycles. The standard InChI is InChI=1S/C12H15O/c1-12(13,11-8-5-9-11)10-6-3-2-4-7-10/h2-4,6-7,11H,5,8-9H2,1H3. The van der Waals surface area contributed by atoms with Crippen LogP contribution in [-0.2, 0) is 10.7 Å². The van der Waals surface area contributed by atoms with Gasteiger partial charge in [-0.1, -0.05) is 36.8 Å². The van der Waals surface area contributed by atoms with Crippen LogP contribution in [0.4, 0.5) is 0 Å². The van der Waals surface area contributed by atoms with E-state index in [2.05, 4.69) is 0 Å². The molecule has 0 N–H and O–H groups in total. The molecular weight excluding hydrogens is 160 g/mol. The fraction of sp³-hybridized carbons (Fsp3) is 0.500. The van der Waals surface area contributed by atoms with E-state index in [-0.39, 0.29) is 0 Å². The van der Waals surface area contributed by atoms with Crippen LogP contribution in [0.1, 0.15) is 31.7 Å². The molecule has 1 aliphatic carbocycles. The normalized spacial score (nSPS) is 22.0. The smallest absolute Gasteiger partial charge is 0.128 e. The Kier molecular flexibility index (Phi) is 2.12. The number of benzene rings is 1. The molecule has 0 aliphatic heterocycles. The summed E-state index contributed by atoms with van der Waals surface area (Å²) in [5.41, 5.74) is 0.0826. The second-order valence-corrected chi connectivity index (χ2v) is 4.10. The van der Waals surface area contributed by atoms with Gasteiger partial charge in [-0.2, -0.15) is 0 Å². The summed E-state index contributed by atoms with van der Waals surface area (Å²) in [6, 6.07) is 9.76. The summed E-state index contributed by atoms with van der Waals surface area (Å²) in [7, 11) is 0. The summed E-state index contributed by atoms with van der Waals surface area (Å²) >= 11 is 0. The van der Waals surface area contributed by atoms with Crippen LogP contribution in [0.5, 0.6) is 0 Å². The summed E-state index contributed by atoms with van der Waals surface area (Å²) in [5, 5.41) is 12.3. The molecule has 1 heteroatoms. The molecule has 69 valence electrons. The zero-order valence-corrected chi connectivity index (χ0v) is 7.99. The first-order valence-electron chi connectivity index (χ1n) is 4.97. The summed E-state index contributed by atoms with van der Waals surface area (Å²) in [4.78, 5) is 0. The molecule has 0 spiro atoms. The van der Waals surface area contributed by atoms with Gasteiger partial charge in [-0.05, 0) is 31.2 Å². The topological polar surface area (TPSA) is 19.9 Å². The van der Waals surface area contributed by atoms with Gasteiger partial charge in [-0.15, -0.1) is 0 Å². The van der Waals surface area contributed by atoms with Crippen molar-refractivity contribution < 1.29 is 5.11 Å². The Balaban J connectivity index is 2.23. The van der Waals surface area contributed by atoms with Crippen LogP contribution < -0.4 is 0 Å². The predicted octanol–water partition coefficient (Wildman–Crippen LogP) is 3.13. The summed E-state index contributed by atoms with van der Waals surface area (Å²) in [5.74, 6) is 0.356. The molecule has 1 nitrogen and oxygen atoms in total. The molecule has 0 heterocycles. The van der Waals surface area contributed by atoms with Crippen molar-refractivity contribution in [2.45, 2.75) is 31.8 Å².